The van der Waals surface area contributed by atoms with Gasteiger partial charge in [-0.25, -0.2) is 9.97 Å². The average molecular weight is 462 g/mol. The average Bonchev–Trinajstić information content (AvgIpc) is 3.37. The number of anilines is 1. The summed E-state index contributed by atoms with van der Waals surface area (Å²) in [5.41, 5.74) is 5.11. The van der Waals surface area contributed by atoms with E-state index in [1.165, 1.54) is 11.1 Å². The van der Waals surface area contributed by atoms with Crippen molar-refractivity contribution in [3.8, 4) is 11.1 Å². The summed E-state index contributed by atoms with van der Waals surface area (Å²) < 4.78 is 7.16. The van der Waals surface area contributed by atoms with E-state index in [1.54, 1.807) is 4.68 Å². The highest BCUT2D eigenvalue weighted by Gasteiger charge is 2.23. The van der Waals surface area contributed by atoms with E-state index in [-0.39, 0.29) is 12.5 Å². The molecule has 0 amide bonds. The van der Waals surface area contributed by atoms with Crippen molar-refractivity contribution in [3.63, 3.8) is 0 Å². The minimum absolute atomic E-state index is 0.0765. The predicted molar refractivity (Wildman–Crippen MR) is 134 cm³/mol. The lowest BCUT2D eigenvalue weighted by atomic mass is 9.94. The summed E-state index contributed by atoms with van der Waals surface area (Å²) >= 11 is 0. The molecule has 180 valence electrons. The number of hydrogen-bond donors (Lipinski definition) is 1. The molecule has 3 aromatic rings. The normalized spacial score (nSPS) is 13.8. The zero-order chi connectivity index (χ0) is 24.3. The molecule has 0 atom stereocenters. The number of hydrogen-bond acceptors (Lipinski definition) is 6. The molecule has 4 rings (SSSR count). The van der Waals surface area contributed by atoms with Crippen LogP contribution in [0.5, 0.6) is 0 Å². The van der Waals surface area contributed by atoms with Crippen molar-refractivity contribution in [1.29, 1.82) is 0 Å². The molecule has 7 heteroatoms. The first-order valence-corrected chi connectivity index (χ1v) is 12.2. The van der Waals surface area contributed by atoms with Crippen LogP contribution < -0.4 is 5.32 Å². The topological polar surface area (TPSA) is 81.9 Å². The highest BCUT2D eigenvalue weighted by Crippen LogP contribution is 2.32. The second-order valence-corrected chi connectivity index (χ2v) is 10.0. The van der Waals surface area contributed by atoms with Crippen molar-refractivity contribution < 1.29 is 9.53 Å². The maximum absolute atomic E-state index is 12.4. The molecule has 2 heterocycles. The van der Waals surface area contributed by atoms with E-state index in [9.17, 15) is 4.79 Å². The van der Waals surface area contributed by atoms with E-state index < -0.39 is 5.60 Å². The second kappa shape index (κ2) is 9.95. The molecule has 1 N–H and O–H groups in total. The number of nitrogens with zero attached hydrogens (tertiary/aromatic N) is 4. The summed E-state index contributed by atoms with van der Waals surface area (Å²) in [6, 6.07) is 8.87. The van der Waals surface area contributed by atoms with Gasteiger partial charge in [-0.2, -0.15) is 5.10 Å². The van der Waals surface area contributed by atoms with Crippen LogP contribution in [0.15, 0.2) is 42.9 Å². The predicted octanol–water partition coefficient (Wildman–Crippen LogP) is 5.16. The van der Waals surface area contributed by atoms with Crippen LogP contribution in [0.25, 0.3) is 11.1 Å². The summed E-state index contributed by atoms with van der Waals surface area (Å²) in [6.07, 6.45) is 9.51. The van der Waals surface area contributed by atoms with Gasteiger partial charge in [-0.05, 0) is 57.6 Å². The molecule has 34 heavy (non-hydrogen) atoms. The lowest BCUT2D eigenvalue weighted by Crippen LogP contribution is -2.26. The number of carbonyl (C=O) groups excluding carboxylic acids is 1. The van der Waals surface area contributed by atoms with E-state index in [2.05, 4.69) is 53.4 Å². The fourth-order valence-electron chi connectivity index (χ4n) is 4.61. The molecule has 2 aromatic heterocycles. The monoisotopic (exact) mass is 461 g/mol. The summed E-state index contributed by atoms with van der Waals surface area (Å²) in [4.78, 5) is 21.6. The minimum atomic E-state index is -0.525. The van der Waals surface area contributed by atoms with Crippen molar-refractivity contribution >= 4 is 11.9 Å². The molecule has 1 aromatic carbocycles. The first kappa shape index (κ1) is 23.9. The quantitative estimate of drug-likeness (QED) is 0.466. The van der Waals surface area contributed by atoms with Gasteiger partial charge in [0, 0.05) is 41.7 Å². The number of esters is 1. The third-order valence-corrected chi connectivity index (χ3v) is 6.22. The van der Waals surface area contributed by atoms with Crippen molar-refractivity contribution in [1.82, 2.24) is 19.7 Å². The fourth-order valence-corrected chi connectivity index (χ4v) is 4.61. The molecule has 0 fully saturated rings. The van der Waals surface area contributed by atoms with Gasteiger partial charge < -0.3 is 10.1 Å². The maximum atomic E-state index is 12.4. The van der Waals surface area contributed by atoms with E-state index >= 15 is 0 Å². The van der Waals surface area contributed by atoms with Gasteiger partial charge in [0.1, 0.15) is 12.1 Å². The number of nitrogens with one attached hydrogen (secondary N) is 1. The summed E-state index contributed by atoms with van der Waals surface area (Å²) in [6.45, 7) is 10.00. The largest absolute Gasteiger partial charge is 0.459 e. The summed E-state index contributed by atoms with van der Waals surface area (Å²) in [7, 11) is 0. The van der Waals surface area contributed by atoms with Gasteiger partial charge in [0.15, 0.2) is 0 Å². The SMILES string of the molecule is CCC(CC)c1nn(CC(=O)OC(C)(C)C)cc1-c1cnc(NC2Cc3ccccc3C2)nc1. The zero-order valence-corrected chi connectivity index (χ0v) is 20.8. The van der Waals surface area contributed by atoms with Gasteiger partial charge in [-0.3, -0.25) is 9.48 Å². The fraction of sp³-hybridized carbons (Fsp3) is 0.481. The van der Waals surface area contributed by atoms with Gasteiger partial charge in [0.25, 0.3) is 0 Å². The van der Waals surface area contributed by atoms with Crippen LogP contribution in [0.1, 0.15) is 70.2 Å². The lowest BCUT2D eigenvalue weighted by Gasteiger charge is -2.19. The number of benzene rings is 1. The first-order chi connectivity index (χ1) is 16.3. The van der Waals surface area contributed by atoms with E-state index in [1.807, 2.05) is 39.4 Å². The number of rotatable bonds is 8. The Bertz CT molecular complexity index is 1100. The van der Waals surface area contributed by atoms with Crippen LogP contribution in [-0.4, -0.2) is 37.4 Å². The molecule has 1 aliphatic carbocycles. The molecule has 0 saturated heterocycles. The molecule has 1 aliphatic rings. The Kier molecular flexibility index (Phi) is 7.00. The van der Waals surface area contributed by atoms with Crippen molar-refractivity contribution in [2.24, 2.45) is 0 Å². The van der Waals surface area contributed by atoms with Crippen molar-refractivity contribution in [2.45, 2.75) is 84.4 Å². The van der Waals surface area contributed by atoms with Crippen molar-refractivity contribution in [2.75, 3.05) is 5.32 Å². The lowest BCUT2D eigenvalue weighted by molar-refractivity contribution is -0.155. The van der Waals surface area contributed by atoms with Crippen LogP contribution in [0, 0.1) is 0 Å². The van der Waals surface area contributed by atoms with Gasteiger partial charge in [0.05, 0.1) is 5.69 Å². The molecule has 0 saturated carbocycles. The van der Waals surface area contributed by atoms with Crippen LogP contribution in [0.2, 0.25) is 0 Å². The smallest absolute Gasteiger partial charge is 0.328 e. The van der Waals surface area contributed by atoms with Gasteiger partial charge in [0.2, 0.25) is 5.95 Å². The molecule has 0 bridgehead atoms. The third kappa shape index (κ3) is 5.64. The molecular weight excluding hydrogens is 426 g/mol. The highest BCUT2D eigenvalue weighted by molar-refractivity contribution is 5.70. The van der Waals surface area contributed by atoms with E-state index in [0.29, 0.717) is 17.9 Å². The van der Waals surface area contributed by atoms with Crippen LogP contribution >= 0.6 is 0 Å². The molecular formula is C27H35N5O2. The second-order valence-electron chi connectivity index (χ2n) is 10.0. The highest BCUT2D eigenvalue weighted by atomic mass is 16.6. The van der Waals surface area contributed by atoms with E-state index in [0.717, 1.165) is 42.5 Å². The molecule has 0 aliphatic heterocycles. The Labute approximate surface area is 202 Å². The van der Waals surface area contributed by atoms with Crippen LogP contribution in [0.4, 0.5) is 5.95 Å². The third-order valence-electron chi connectivity index (χ3n) is 6.22. The van der Waals surface area contributed by atoms with Gasteiger partial charge in [-0.15, -0.1) is 0 Å². The van der Waals surface area contributed by atoms with Crippen LogP contribution in [0.3, 0.4) is 0 Å². The Balaban J connectivity index is 1.51. The molecule has 0 spiro atoms. The van der Waals surface area contributed by atoms with Crippen molar-refractivity contribution in [3.05, 3.63) is 59.7 Å². The Morgan fingerprint density at radius 1 is 1.12 bits per heavy atom. The first-order valence-electron chi connectivity index (χ1n) is 12.2. The molecule has 7 nitrogen and oxygen atoms in total. The zero-order valence-electron chi connectivity index (χ0n) is 20.8. The minimum Gasteiger partial charge on any atom is -0.459 e. The number of carbonyl (C=O) groups is 1. The van der Waals surface area contributed by atoms with Gasteiger partial charge >= 0.3 is 5.97 Å². The summed E-state index contributed by atoms with van der Waals surface area (Å²) in [5.74, 6) is 0.627. The number of ether oxygens (including phenoxy) is 1. The molecule has 0 unspecified atom stereocenters. The number of fused-ring (bicyclic) bond motifs is 1. The summed E-state index contributed by atoms with van der Waals surface area (Å²) in [5, 5.41) is 8.25. The Morgan fingerprint density at radius 3 is 2.29 bits per heavy atom. The van der Waals surface area contributed by atoms with Crippen LogP contribution in [-0.2, 0) is 28.9 Å². The Morgan fingerprint density at radius 2 is 1.74 bits per heavy atom. The maximum Gasteiger partial charge on any atom is 0.328 e. The van der Waals surface area contributed by atoms with Gasteiger partial charge in [-0.1, -0.05) is 38.1 Å². The Hall–Kier alpha value is -3.22. The molecule has 0 radical (unpaired) electrons. The van der Waals surface area contributed by atoms with E-state index in [4.69, 9.17) is 9.84 Å². The standard InChI is InChI=1S/C27H35N5O2/c1-6-18(7-2)25-23(16-32(31-25)17-24(33)34-27(3,4)5)21-14-28-26(29-15-21)30-22-12-19-10-8-9-11-20(19)13-22/h8-11,14-16,18,22H,6-7,12-13,17H2,1-5H3,(H,28,29,30). The number of aromatic nitrogens is 4.